The van der Waals surface area contributed by atoms with Crippen molar-refractivity contribution in [1.82, 2.24) is 0 Å². The van der Waals surface area contributed by atoms with Crippen molar-refractivity contribution in [1.29, 1.82) is 0 Å². The van der Waals surface area contributed by atoms with E-state index in [4.69, 9.17) is 20.8 Å². The molecule has 0 radical (unpaired) electrons. The second kappa shape index (κ2) is 6.99. The molecule has 0 fully saturated rings. The lowest BCUT2D eigenvalue weighted by Crippen LogP contribution is -2.21. The van der Waals surface area contributed by atoms with Gasteiger partial charge in [-0.15, -0.1) is 0 Å². The zero-order chi connectivity index (χ0) is 18.0. The van der Waals surface area contributed by atoms with E-state index in [-0.39, 0.29) is 5.76 Å². The highest BCUT2D eigenvalue weighted by atomic mass is 35.5. The maximum atomic E-state index is 12.0. The number of carbonyl (C=O) groups is 2. The first-order valence-electron chi connectivity index (χ1n) is 7.66. The summed E-state index contributed by atoms with van der Waals surface area (Å²) in [5, 5.41) is 3.89. The van der Waals surface area contributed by atoms with Gasteiger partial charge in [0.1, 0.15) is 5.58 Å². The van der Waals surface area contributed by atoms with Crippen LogP contribution in [-0.4, -0.2) is 18.5 Å². The number of amides is 1. The zero-order valence-corrected chi connectivity index (χ0v) is 14.5. The highest BCUT2D eigenvalue weighted by Gasteiger charge is 2.16. The Morgan fingerprint density at radius 2 is 1.92 bits per heavy atom. The van der Waals surface area contributed by atoms with Gasteiger partial charge in [-0.3, -0.25) is 4.79 Å². The third-order valence-electron chi connectivity index (χ3n) is 3.66. The highest BCUT2D eigenvalue weighted by Crippen LogP contribution is 2.27. The molecule has 0 atom stereocenters. The number of nitrogens with one attached hydrogen (secondary N) is 1. The molecule has 0 aliphatic heterocycles. The molecule has 1 amide bonds. The molecule has 0 spiro atoms. The fourth-order valence-electron chi connectivity index (χ4n) is 2.53. The molecule has 25 heavy (non-hydrogen) atoms. The van der Waals surface area contributed by atoms with Gasteiger partial charge in [-0.25, -0.2) is 4.79 Å². The van der Waals surface area contributed by atoms with E-state index in [0.29, 0.717) is 16.3 Å². The monoisotopic (exact) mass is 357 g/mol. The fraction of sp³-hybridized carbons (Fsp3) is 0.158. The van der Waals surface area contributed by atoms with Crippen molar-refractivity contribution >= 4 is 40.1 Å². The van der Waals surface area contributed by atoms with Gasteiger partial charge in [0.15, 0.2) is 6.61 Å². The van der Waals surface area contributed by atoms with Crippen molar-refractivity contribution in [2.24, 2.45) is 0 Å². The molecule has 128 valence electrons. The highest BCUT2D eigenvalue weighted by molar-refractivity contribution is 6.34. The Hall–Kier alpha value is -2.79. The number of rotatable bonds is 4. The topological polar surface area (TPSA) is 68.5 Å². The summed E-state index contributed by atoms with van der Waals surface area (Å²) in [5.41, 5.74) is 2.93. The smallest absolute Gasteiger partial charge is 0.374 e. The van der Waals surface area contributed by atoms with E-state index in [1.54, 1.807) is 18.2 Å². The summed E-state index contributed by atoms with van der Waals surface area (Å²) in [4.78, 5) is 24.1. The predicted molar refractivity (Wildman–Crippen MR) is 96.1 cm³/mol. The maximum Gasteiger partial charge on any atom is 0.374 e. The van der Waals surface area contributed by atoms with Crippen LogP contribution in [0.3, 0.4) is 0 Å². The SMILES string of the molecule is Cc1cc(C)c(NC(=O)COC(=O)c2cc3ccccc3o2)c(Cl)c1. The first-order chi connectivity index (χ1) is 11.9. The second-order valence-electron chi connectivity index (χ2n) is 5.71. The van der Waals surface area contributed by atoms with Crippen molar-refractivity contribution in [2.75, 3.05) is 11.9 Å². The first kappa shape index (κ1) is 17.0. The average molecular weight is 358 g/mol. The third kappa shape index (κ3) is 3.83. The van der Waals surface area contributed by atoms with Crippen molar-refractivity contribution in [3.63, 3.8) is 0 Å². The molecule has 3 rings (SSSR count). The number of aryl methyl sites for hydroxylation is 2. The quantitative estimate of drug-likeness (QED) is 0.698. The van der Waals surface area contributed by atoms with Crippen molar-refractivity contribution < 1.29 is 18.7 Å². The minimum atomic E-state index is -0.696. The van der Waals surface area contributed by atoms with E-state index in [9.17, 15) is 9.59 Å². The summed E-state index contributed by atoms with van der Waals surface area (Å²) >= 11 is 6.15. The fourth-order valence-corrected chi connectivity index (χ4v) is 2.90. The van der Waals surface area contributed by atoms with Gasteiger partial charge in [-0.1, -0.05) is 35.9 Å². The van der Waals surface area contributed by atoms with Crippen LogP contribution in [0.2, 0.25) is 5.02 Å². The molecule has 0 bridgehead atoms. The van der Waals surface area contributed by atoms with E-state index in [2.05, 4.69) is 5.32 Å². The maximum absolute atomic E-state index is 12.0. The Kier molecular flexibility index (Phi) is 4.76. The van der Waals surface area contributed by atoms with Crippen LogP contribution in [0.4, 0.5) is 5.69 Å². The molecule has 0 aliphatic carbocycles. The number of hydrogen-bond donors (Lipinski definition) is 1. The molecule has 5 nitrogen and oxygen atoms in total. The molecular weight excluding hydrogens is 342 g/mol. The predicted octanol–water partition coefficient (Wildman–Crippen LogP) is 4.50. The van der Waals surface area contributed by atoms with Crippen molar-refractivity contribution in [2.45, 2.75) is 13.8 Å². The van der Waals surface area contributed by atoms with E-state index < -0.39 is 18.5 Å². The minimum Gasteiger partial charge on any atom is -0.450 e. The Morgan fingerprint density at radius 3 is 2.64 bits per heavy atom. The summed E-state index contributed by atoms with van der Waals surface area (Å²) < 4.78 is 10.4. The summed E-state index contributed by atoms with van der Waals surface area (Å²) in [7, 11) is 0. The minimum absolute atomic E-state index is 0.0542. The van der Waals surface area contributed by atoms with Gasteiger partial charge < -0.3 is 14.5 Å². The lowest BCUT2D eigenvalue weighted by molar-refractivity contribution is -0.119. The van der Waals surface area contributed by atoms with Crippen molar-refractivity contribution in [3.8, 4) is 0 Å². The largest absolute Gasteiger partial charge is 0.450 e. The molecule has 0 aliphatic rings. The van der Waals surface area contributed by atoms with Gasteiger partial charge in [0, 0.05) is 5.39 Å². The lowest BCUT2D eigenvalue weighted by atomic mass is 10.1. The number of ether oxygens (including phenoxy) is 1. The van der Waals surface area contributed by atoms with Gasteiger partial charge in [0.05, 0.1) is 10.7 Å². The standard InChI is InChI=1S/C19H16ClNO4/c1-11-7-12(2)18(14(20)8-11)21-17(22)10-24-19(23)16-9-13-5-3-4-6-15(13)25-16/h3-9H,10H2,1-2H3,(H,21,22). The van der Waals surface area contributed by atoms with Gasteiger partial charge in [0.25, 0.3) is 5.91 Å². The van der Waals surface area contributed by atoms with Gasteiger partial charge in [-0.05, 0) is 43.2 Å². The van der Waals surface area contributed by atoms with Crippen LogP contribution in [0.1, 0.15) is 21.7 Å². The van der Waals surface area contributed by atoms with E-state index in [1.165, 1.54) is 0 Å². The van der Waals surface area contributed by atoms with E-state index >= 15 is 0 Å². The van der Waals surface area contributed by atoms with E-state index in [0.717, 1.165) is 16.5 Å². The van der Waals surface area contributed by atoms with Gasteiger partial charge >= 0.3 is 5.97 Å². The van der Waals surface area contributed by atoms with Gasteiger partial charge in [-0.2, -0.15) is 0 Å². The number of anilines is 1. The lowest BCUT2D eigenvalue weighted by Gasteiger charge is -2.11. The number of fused-ring (bicyclic) bond motifs is 1. The molecule has 0 saturated heterocycles. The molecule has 1 aromatic heterocycles. The van der Waals surface area contributed by atoms with Gasteiger partial charge in [0.2, 0.25) is 5.76 Å². The van der Waals surface area contributed by atoms with E-state index in [1.807, 2.05) is 38.1 Å². The molecular formula is C19H16ClNO4. The van der Waals surface area contributed by atoms with Crippen LogP contribution < -0.4 is 5.32 Å². The number of para-hydroxylation sites is 1. The average Bonchev–Trinajstić information content (AvgIpc) is 3.00. The van der Waals surface area contributed by atoms with Crippen LogP contribution >= 0.6 is 11.6 Å². The van der Waals surface area contributed by atoms with Crippen molar-refractivity contribution in [3.05, 3.63) is 64.4 Å². The molecule has 1 heterocycles. The normalized spacial score (nSPS) is 10.7. The summed E-state index contributed by atoms with van der Waals surface area (Å²) in [6, 6.07) is 12.5. The Balaban J connectivity index is 1.63. The molecule has 3 aromatic rings. The Labute approximate surface area is 149 Å². The van der Waals surface area contributed by atoms with Crippen LogP contribution in [0.25, 0.3) is 11.0 Å². The second-order valence-corrected chi connectivity index (χ2v) is 6.12. The Morgan fingerprint density at radius 1 is 1.16 bits per heavy atom. The number of halogens is 1. The van der Waals surface area contributed by atoms with Crippen LogP contribution in [0.5, 0.6) is 0 Å². The molecule has 2 aromatic carbocycles. The third-order valence-corrected chi connectivity index (χ3v) is 3.96. The summed E-state index contributed by atoms with van der Waals surface area (Å²) in [6.45, 7) is 3.33. The number of furan rings is 1. The first-order valence-corrected chi connectivity index (χ1v) is 8.04. The summed E-state index contributed by atoms with van der Waals surface area (Å²) in [6.07, 6.45) is 0. The molecule has 0 saturated carbocycles. The number of esters is 1. The molecule has 1 N–H and O–H groups in total. The zero-order valence-electron chi connectivity index (χ0n) is 13.8. The Bertz CT molecular complexity index is 905. The molecule has 6 heteroatoms. The molecule has 0 unspecified atom stereocenters. The van der Waals surface area contributed by atoms with Crippen LogP contribution in [0, 0.1) is 13.8 Å². The number of benzene rings is 2. The summed E-state index contributed by atoms with van der Waals surface area (Å²) in [5.74, 6) is -1.12. The van der Waals surface area contributed by atoms with Crippen LogP contribution in [-0.2, 0) is 9.53 Å². The number of hydrogen-bond acceptors (Lipinski definition) is 4. The van der Waals surface area contributed by atoms with Crippen LogP contribution in [0.15, 0.2) is 46.9 Å². The number of carbonyl (C=O) groups excluding carboxylic acids is 2.